The minimum atomic E-state index is -5.49. The first-order valence-electron chi connectivity index (χ1n) is 4.66. The third-order valence-electron chi connectivity index (χ3n) is 1.54. The molecule has 0 aliphatic carbocycles. The quantitative estimate of drug-likeness (QED) is 0.363. The largest absolute Gasteiger partial charge is 0.551 e. The van der Waals surface area contributed by atoms with Crippen LogP contribution in [-0.2, 0) is 18.6 Å². The van der Waals surface area contributed by atoms with Gasteiger partial charge in [0.15, 0.2) is 0 Å². The third kappa shape index (κ3) is 11.4. The molecule has 0 fully saturated rings. The standard InChI is InChI=1S/C10H13F2O4P/c1-3-5-14-7-10(8-15-6-4-2)9-16-17(11,12)13/h1-2,10H,5-9H2. The Morgan fingerprint density at radius 3 is 1.88 bits per heavy atom. The van der Waals surface area contributed by atoms with E-state index in [-0.39, 0.29) is 26.4 Å². The molecule has 0 aliphatic rings. The van der Waals surface area contributed by atoms with Crippen LogP contribution < -0.4 is 0 Å². The van der Waals surface area contributed by atoms with Crippen molar-refractivity contribution in [3.8, 4) is 24.7 Å². The number of hydrogen-bond acceptors (Lipinski definition) is 4. The number of hydrogen-bond donors (Lipinski definition) is 0. The fraction of sp³-hybridized carbons (Fsp3) is 0.600. The van der Waals surface area contributed by atoms with Crippen LogP contribution in [0.25, 0.3) is 0 Å². The molecule has 0 aromatic rings. The Kier molecular flexibility index (Phi) is 8.66. The van der Waals surface area contributed by atoms with Gasteiger partial charge in [0.1, 0.15) is 13.2 Å². The molecule has 17 heavy (non-hydrogen) atoms. The summed E-state index contributed by atoms with van der Waals surface area (Å²) < 4.78 is 48.0. The molecule has 0 spiro atoms. The molecular formula is C10H13F2O4P. The van der Waals surface area contributed by atoms with Crippen molar-refractivity contribution in [2.45, 2.75) is 0 Å². The molecule has 0 radical (unpaired) electrons. The molecule has 0 aliphatic heterocycles. The van der Waals surface area contributed by atoms with Gasteiger partial charge in [-0.15, -0.1) is 21.2 Å². The summed E-state index contributed by atoms with van der Waals surface area (Å²) in [5, 5.41) is 0. The lowest BCUT2D eigenvalue weighted by molar-refractivity contribution is 0.0367. The summed E-state index contributed by atoms with van der Waals surface area (Å²) in [6.07, 6.45) is 9.90. The van der Waals surface area contributed by atoms with Crippen LogP contribution >= 0.6 is 7.99 Å². The molecule has 0 aromatic heterocycles. The summed E-state index contributed by atoms with van der Waals surface area (Å²) in [4.78, 5) is 0. The first-order valence-corrected chi connectivity index (χ1v) is 6.06. The van der Waals surface area contributed by atoms with Crippen LogP contribution in [0.4, 0.5) is 8.39 Å². The smallest absolute Gasteiger partial charge is 0.368 e. The molecule has 0 saturated carbocycles. The third-order valence-corrected chi connectivity index (χ3v) is 1.99. The zero-order valence-corrected chi connectivity index (χ0v) is 10.00. The fourth-order valence-electron chi connectivity index (χ4n) is 0.906. The topological polar surface area (TPSA) is 44.8 Å². The van der Waals surface area contributed by atoms with Gasteiger partial charge in [-0.1, -0.05) is 11.8 Å². The fourth-order valence-corrected chi connectivity index (χ4v) is 1.29. The first-order chi connectivity index (χ1) is 7.99. The van der Waals surface area contributed by atoms with Gasteiger partial charge in [-0.2, -0.15) is 0 Å². The maximum absolute atomic E-state index is 12.0. The number of ether oxygens (including phenoxy) is 2. The van der Waals surface area contributed by atoms with Gasteiger partial charge in [-0.25, -0.2) is 4.57 Å². The highest BCUT2D eigenvalue weighted by Crippen LogP contribution is 2.50. The molecule has 7 heteroatoms. The molecule has 0 aromatic carbocycles. The molecule has 0 heterocycles. The van der Waals surface area contributed by atoms with E-state index in [9.17, 15) is 13.0 Å². The number of halogens is 2. The van der Waals surface area contributed by atoms with Crippen LogP contribution in [0.5, 0.6) is 0 Å². The average Bonchev–Trinajstić information content (AvgIpc) is 2.24. The Labute approximate surface area is 99.3 Å². The van der Waals surface area contributed by atoms with Gasteiger partial charge in [0.05, 0.1) is 19.8 Å². The van der Waals surface area contributed by atoms with Gasteiger partial charge in [-0.3, -0.25) is 4.52 Å². The summed E-state index contributed by atoms with van der Waals surface area (Å²) in [6.45, 7) is -0.216. The second kappa shape index (κ2) is 9.15. The second-order valence-corrected chi connectivity index (χ2v) is 4.10. The zero-order valence-electron chi connectivity index (χ0n) is 9.10. The summed E-state index contributed by atoms with van der Waals surface area (Å²) >= 11 is 0. The van der Waals surface area contributed by atoms with E-state index in [1.54, 1.807) is 0 Å². The molecule has 0 amide bonds. The van der Waals surface area contributed by atoms with Crippen LogP contribution in [0.15, 0.2) is 0 Å². The lowest BCUT2D eigenvalue weighted by Crippen LogP contribution is -2.21. The highest BCUT2D eigenvalue weighted by Gasteiger charge is 2.23. The highest BCUT2D eigenvalue weighted by molar-refractivity contribution is 7.47. The van der Waals surface area contributed by atoms with E-state index >= 15 is 0 Å². The van der Waals surface area contributed by atoms with Gasteiger partial charge in [0.2, 0.25) is 0 Å². The lowest BCUT2D eigenvalue weighted by atomic mass is 10.2. The summed E-state index contributed by atoms with van der Waals surface area (Å²) in [7, 11) is -5.49. The van der Waals surface area contributed by atoms with Gasteiger partial charge >= 0.3 is 7.99 Å². The van der Waals surface area contributed by atoms with E-state index in [0.29, 0.717) is 0 Å². The molecule has 96 valence electrons. The van der Waals surface area contributed by atoms with Crippen LogP contribution in [0.1, 0.15) is 0 Å². The van der Waals surface area contributed by atoms with Crippen molar-refractivity contribution in [2.75, 3.05) is 33.0 Å². The van der Waals surface area contributed by atoms with Crippen molar-refractivity contribution >= 4 is 7.99 Å². The molecule has 0 unspecified atom stereocenters. The number of rotatable bonds is 9. The van der Waals surface area contributed by atoms with E-state index < -0.39 is 20.5 Å². The Morgan fingerprint density at radius 2 is 1.53 bits per heavy atom. The Hall–Kier alpha value is -0.910. The van der Waals surface area contributed by atoms with Crippen LogP contribution in [0, 0.1) is 30.6 Å². The summed E-state index contributed by atoms with van der Waals surface area (Å²) in [5.74, 6) is 3.94. The van der Waals surface area contributed by atoms with Gasteiger partial charge in [0.25, 0.3) is 0 Å². The van der Waals surface area contributed by atoms with Crippen LogP contribution in [-0.4, -0.2) is 33.0 Å². The molecule has 4 nitrogen and oxygen atoms in total. The molecule has 0 saturated heterocycles. The SMILES string of the molecule is C#CCOCC(COCC#C)COP(=O)(F)F. The molecule has 0 bridgehead atoms. The summed E-state index contributed by atoms with van der Waals surface area (Å²) in [5.41, 5.74) is 0. The lowest BCUT2D eigenvalue weighted by Gasteiger charge is -2.15. The van der Waals surface area contributed by atoms with Crippen molar-refractivity contribution in [3.05, 3.63) is 0 Å². The van der Waals surface area contributed by atoms with Crippen molar-refractivity contribution in [3.63, 3.8) is 0 Å². The minimum absolute atomic E-state index is 0.0501. The summed E-state index contributed by atoms with van der Waals surface area (Å²) in [6, 6.07) is 0. The van der Waals surface area contributed by atoms with Crippen LogP contribution in [0.2, 0.25) is 0 Å². The molecular weight excluding hydrogens is 253 g/mol. The van der Waals surface area contributed by atoms with Crippen molar-refractivity contribution in [2.24, 2.45) is 5.92 Å². The monoisotopic (exact) mass is 266 g/mol. The van der Waals surface area contributed by atoms with Crippen molar-refractivity contribution in [1.82, 2.24) is 0 Å². The van der Waals surface area contributed by atoms with E-state index in [1.807, 2.05) is 0 Å². The van der Waals surface area contributed by atoms with E-state index in [4.69, 9.17) is 22.3 Å². The van der Waals surface area contributed by atoms with Crippen LogP contribution in [0.3, 0.4) is 0 Å². The van der Waals surface area contributed by atoms with E-state index in [1.165, 1.54) is 0 Å². The maximum Gasteiger partial charge on any atom is 0.551 e. The highest BCUT2D eigenvalue weighted by atomic mass is 31.2. The van der Waals surface area contributed by atoms with Crippen molar-refractivity contribution in [1.29, 1.82) is 0 Å². The van der Waals surface area contributed by atoms with E-state index in [0.717, 1.165) is 0 Å². The average molecular weight is 266 g/mol. The Balaban J connectivity index is 3.98. The molecule has 0 atom stereocenters. The van der Waals surface area contributed by atoms with Gasteiger partial charge < -0.3 is 9.47 Å². The minimum Gasteiger partial charge on any atom is -0.368 e. The number of terminal acetylenes is 2. The predicted octanol–water partition coefficient (Wildman–Crippen LogP) is 1.97. The normalized spacial score (nSPS) is 11.1. The second-order valence-electron chi connectivity index (χ2n) is 3.01. The molecule has 0 N–H and O–H groups in total. The maximum atomic E-state index is 12.0. The molecule has 0 rings (SSSR count). The Morgan fingerprint density at radius 1 is 1.06 bits per heavy atom. The zero-order chi connectivity index (χ0) is 13.1. The first kappa shape index (κ1) is 16.1. The van der Waals surface area contributed by atoms with Gasteiger partial charge in [-0.05, 0) is 0 Å². The predicted molar refractivity (Wildman–Crippen MR) is 58.6 cm³/mol. The van der Waals surface area contributed by atoms with Crippen molar-refractivity contribution < 1.29 is 27.0 Å². The van der Waals surface area contributed by atoms with E-state index in [2.05, 4.69) is 16.4 Å². The van der Waals surface area contributed by atoms with Gasteiger partial charge in [0, 0.05) is 5.92 Å². The Bertz CT molecular complexity index is 308.